The normalized spacial score (nSPS) is 16.1. The molecule has 0 aromatic carbocycles. The van der Waals surface area contributed by atoms with Crippen LogP contribution >= 0.6 is 23.1 Å². The second kappa shape index (κ2) is 5.51. The third-order valence-corrected chi connectivity index (χ3v) is 5.41. The van der Waals surface area contributed by atoms with Crippen molar-refractivity contribution >= 4 is 23.1 Å². The minimum atomic E-state index is -0.0160. The number of nitrogens with zero attached hydrogens (tertiary/aromatic N) is 4. The molecule has 6 nitrogen and oxygen atoms in total. The lowest BCUT2D eigenvalue weighted by Gasteiger charge is -2.00. The molecule has 1 fully saturated rings. The van der Waals surface area contributed by atoms with Gasteiger partial charge in [0.2, 0.25) is 5.89 Å². The van der Waals surface area contributed by atoms with Gasteiger partial charge in [0.1, 0.15) is 0 Å². The molecular weight excluding hydrogens is 320 g/mol. The number of thiophene rings is 1. The Balaban J connectivity index is 1.48. The van der Waals surface area contributed by atoms with E-state index in [9.17, 15) is 0 Å². The molecule has 114 valence electrons. The van der Waals surface area contributed by atoms with Crippen molar-refractivity contribution in [2.45, 2.75) is 43.1 Å². The van der Waals surface area contributed by atoms with Crippen molar-refractivity contribution in [3.63, 3.8) is 0 Å². The SMILES string of the molecule is Cc1ccsc1-c1nnc(S[C@@H](C)c2nc(C3CC3)no2)o1. The summed E-state index contributed by atoms with van der Waals surface area (Å²) >= 11 is 3.03. The van der Waals surface area contributed by atoms with Crippen molar-refractivity contribution in [2.24, 2.45) is 0 Å². The van der Waals surface area contributed by atoms with Gasteiger partial charge in [0.15, 0.2) is 5.82 Å². The zero-order valence-electron chi connectivity index (χ0n) is 12.1. The fourth-order valence-electron chi connectivity index (χ4n) is 2.06. The average molecular weight is 334 g/mol. The largest absolute Gasteiger partial charge is 0.410 e. The smallest absolute Gasteiger partial charge is 0.277 e. The van der Waals surface area contributed by atoms with E-state index in [1.807, 2.05) is 25.3 Å². The first-order chi connectivity index (χ1) is 10.7. The number of aryl methyl sites for hydroxylation is 1. The number of rotatable bonds is 5. The zero-order chi connectivity index (χ0) is 15.1. The van der Waals surface area contributed by atoms with Crippen LogP contribution in [0.25, 0.3) is 10.8 Å². The Morgan fingerprint density at radius 2 is 2.23 bits per heavy atom. The summed E-state index contributed by atoms with van der Waals surface area (Å²) in [5.74, 6) is 2.49. The van der Waals surface area contributed by atoms with Crippen molar-refractivity contribution in [3.05, 3.63) is 28.7 Å². The molecule has 0 amide bonds. The van der Waals surface area contributed by atoms with Crippen molar-refractivity contribution in [1.29, 1.82) is 0 Å². The number of thioether (sulfide) groups is 1. The summed E-state index contributed by atoms with van der Waals surface area (Å²) in [5.41, 5.74) is 1.14. The molecule has 1 saturated carbocycles. The summed E-state index contributed by atoms with van der Waals surface area (Å²) in [7, 11) is 0. The molecule has 0 spiro atoms. The Morgan fingerprint density at radius 3 is 2.95 bits per heavy atom. The molecular formula is C14H14N4O2S2. The number of hydrogen-bond acceptors (Lipinski definition) is 8. The maximum absolute atomic E-state index is 5.73. The highest BCUT2D eigenvalue weighted by molar-refractivity contribution is 7.99. The quantitative estimate of drug-likeness (QED) is 0.646. The van der Waals surface area contributed by atoms with Crippen LogP contribution in [0.1, 0.15) is 48.2 Å². The third kappa shape index (κ3) is 2.68. The van der Waals surface area contributed by atoms with Gasteiger partial charge in [0.25, 0.3) is 11.1 Å². The molecule has 0 bridgehead atoms. The highest BCUT2D eigenvalue weighted by atomic mass is 32.2. The standard InChI is InChI=1S/C14H14N4O2S2/c1-7-5-6-21-10(7)13-16-17-14(19-13)22-8(2)12-15-11(18-20-12)9-3-4-9/h5-6,8-9H,3-4H2,1-2H3/t8-/m0/s1. The molecule has 1 atom stereocenters. The summed E-state index contributed by atoms with van der Waals surface area (Å²) in [6.07, 6.45) is 2.32. The molecule has 3 aromatic rings. The maximum atomic E-state index is 5.73. The van der Waals surface area contributed by atoms with Gasteiger partial charge in [-0.2, -0.15) is 4.98 Å². The lowest BCUT2D eigenvalue weighted by Crippen LogP contribution is -1.90. The topological polar surface area (TPSA) is 77.8 Å². The number of hydrogen-bond donors (Lipinski definition) is 0. The van der Waals surface area contributed by atoms with Gasteiger partial charge >= 0.3 is 0 Å². The van der Waals surface area contributed by atoms with Crippen LogP contribution in [0, 0.1) is 6.92 Å². The summed E-state index contributed by atoms with van der Waals surface area (Å²) in [6, 6.07) is 2.04. The molecule has 22 heavy (non-hydrogen) atoms. The molecule has 3 heterocycles. The lowest BCUT2D eigenvalue weighted by molar-refractivity contribution is 0.374. The van der Waals surface area contributed by atoms with E-state index in [4.69, 9.17) is 8.94 Å². The number of aromatic nitrogens is 4. The van der Waals surface area contributed by atoms with Crippen molar-refractivity contribution in [1.82, 2.24) is 20.3 Å². The van der Waals surface area contributed by atoms with Crippen LogP contribution < -0.4 is 0 Å². The molecule has 0 saturated heterocycles. The molecule has 1 aliphatic rings. The summed E-state index contributed by atoms with van der Waals surface area (Å²) < 4.78 is 11.1. The highest BCUT2D eigenvalue weighted by Gasteiger charge is 2.30. The first-order valence-corrected chi connectivity index (χ1v) is 8.85. The van der Waals surface area contributed by atoms with Crippen LogP contribution in [0.15, 0.2) is 25.6 Å². The first-order valence-electron chi connectivity index (χ1n) is 7.09. The minimum absolute atomic E-state index is 0.0160. The summed E-state index contributed by atoms with van der Waals surface area (Å²) in [4.78, 5) is 5.47. The molecule has 4 rings (SSSR count). The monoisotopic (exact) mass is 334 g/mol. The van der Waals surface area contributed by atoms with Crippen LogP contribution in [-0.4, -0.2) is 20.3 Å². The summed E-state index contributed by atoms with van der Waals surface area (Å²) in [5, 5.41) is 14.8. The van der Waals surface area contributed by atoms with Gasteiger partial charge < -0.3 is 8.94 Å². The second-order valence-electron chi connectivity index (χ2n) is 5.33. The molecule has 0 aliphatic heterocycles. The van der Waals surface area contributed by atoms with Crippen LogP contribution in [0.4, 0.5) is 0 Å². The van der Waals surface area contributed by atoms with E-state index in [0.717, 1.165) is 29.1 Å². The van der Waals surface area contributed by atoms with Gasteiger partial charge in [0, 0.05) is 5.92 Å². The summed E-state index contributed by atoms with van der Waals surface area (Å²) in [6.45, 7) is 4.03. The van der Waals surface area contributed by atoms with Crippen molar-refractivity contribution in [2.75, 3.05) is 0 Å². The van der Waals surface area contributed by atoms with Crippen LogP contribution in [0.2, 0.25) is 0 Å². The molecule has 0 radical (unpaired) electrons. The predicted octanol–water partition coefficient (Wildman–Crippen LogP) is 4.22. The van der Waals surface area contributed by atoms with Crippen molar-refractivity contribution < 1.29 is 8.94 Å². The fourth-order valence-corrected chi connectivity index (χ4v) is 3.62. The zero-order valence-corrected chi connectivity index (χ0v) is 13.8. The van der Waals surface area contributed by atoms with E-state index in [-0.39, 0.29) is 5.25 Å². The van der Waals surface area contributed by atoms with Crippen LogP contribution in [0.3, 0.4) is 0 Å². The second-order valence-corrected chi connectivity index (χ2v) is 7.54. The minimum Gasteiger partial charge on any atom is -0.410 e. The Bertz CT molecular complexity index is 790. The Labute approximate surface area is 135 Å². The average Bonchev–Trinajstić information content (AvgIpc) is 2.92. The third-order valence-electron chi connectivity index (χ3n) is 3.49. The van der Waals surface area contributed by atoms with E-state index < -0.39 is 0 Å². The first kappa shape index (κ1) is 14.0. The molecule has 3 aromatic heterocycles. The van der Waals surface area contributed by atoms with Crippen molar-refractivity contribution in [3.8, 4) is 10.8 Å². The van der Waals surface area contributed by atoms with Gasteiger partial charge in [-0.3, -0.25) is 0 Å². The van der Waals surface area contributed by atoms with Gasteiger partial charge in [-0.15, -0.1) is 21.5 Å². The van der Waals surface area contributed by atoms with Gasteiger partial charge in [-0.05, 0) is 43.7 Å². The maximum Gasteiger partial charge on any atom is 0.277 e. The van der Waals surface area contributed by atoms with Crippen LogP contribution in [0.5, 0.6) is 0 Å². The molecule has 0 N–H and O–H groups in total. The lowest BCUT2D eigenvalue weighted by atomic mass is 10.3. The van der Waals surface area contributed by atoms with E-state index in [0.29, 0.717) is 22.9 Å². The Kier molecular flexibility index (Phi) is 3.50. The van der Waals surface area contributed by atoms with E-state index >= 15 is 0 Å². The van der Waals surface area contributed by atoms with E-state index in [2.05, 4.69) is 20.3 Å². The predicted molar refractivity (Wildman–Crippen MR) is 82.9 cm³/mol. The Morgan fingerprint density at radius 1 is 1.36 bits per heavy atom. The van der Waals surface area contributed by atoms with Gasteiger partial charge in [0.05, 0.1) is 10.1 Å². The van der Waals surface area contributed by atoms with Gasteiger partial charge in [-0.25, -0.2) is 0 Å². The van der Waals surface area contributed by atoms with Crippen LogP contribution in [-0.2, 0) is 0 Å². The Hall–Kier alpha value is -1.67. The van der Waals surface area contributed by atoms with E-state index in [1.165, 1.54) is 11.8 Å². The molecule has 0 unspecified atom stereocenters. The molecule has 1 aliphatic carbocycles. The molecule has 8 heteroatoms. The van der Waals surface area contributed by atoms with E-state index in [1.54, 1.807) is 11.3 Å². The highest BCUT2D eigenvalue weighted by Crippen LogP contribution is 2.40. The fraction of sp³-hybridized carbons (Fsp3) is 0.429. The van der Waals surface area contributed by atoms with Gasteiger partial charge in [-0.1, -0.05) is 16.9 Å².